The van der Waals surface area contributed by atoms with Crippen molar-refractivity contribution in [3.8, 4) is 10.7 Å². The minimum Gasteiger partial charge on any atom is -0.316 e. The van der Waals surface area contributed by atoms with Gasteiger partial charge in [-0.2, -0.15) is 0 Å². The SMILES string of the molecule is CCC(=O)On1nnnc1-c1ccc(Cc2ccccc2)s1. The zero-order valence-corrected chi connectivity index (χ0v) is 12.8. The molecule has 0 saturated carbocycles. The molecule has 0 fully saturated rings. The molecule has 22 heavy (non-hydrogen) atoms. The zero-order chi connectivity index (χ0) is 15.4. The molecule has 0 aliphatic rings. The Labute approximate surface area is 131 Å². The minimum absolute atomic E-state index is 0.267. The molecule has 0 atom stereocenters. The average molecular weight is 314 g/mol. The summed E-state index contributed by atoms with van der Waals surface area (Å²) >= 11 is 1.58. The molecule has 0 radical (unpaired) electrons. The molecular weight excluding hydrogens is 300 g/mol. The number of hydrogen-bond donors (Lipinski definition) is 0. The van der Waals surface area contributed by atoms with Gasteiger partial charge >= 0.3 is 5.97 Å². The summed E-state index contributed by atoms with van der Waals surface area (Å²) in [7, 11) is 0. The minimum atomic E-state index is -0.380. The van der Waals surface area contributed by atoms with Crippen LogP contribution in [0.15, 0.2) is 42.5 Å². The third-order valence-corrected chi connectivity index (χ3v) is 4.10. The van der Waals surface area contributed by atoms with E-state index in [2.05, 4.69) is 27.7 Å². The molecule has 2 heterocycles. The van der Waals surface area contributed by atoms with Crippen LogP contribution in [0.5, 0.6) is 0 Å². The summed E-state index contributed by atoms with van der Waals surface area (Å²) in [6.45, 7) is 1.72. The van der Waals surface area contributed by atoms with Crippen molar-refractivity contribution in [1.82, 2.24) is 20.4 Å². The number of hydrogen-bond acceptors (Lipinski definition) is 6. The highest BCUT2D eigenvalue weighted by atomic mass is 32.1. The number of aromatic nitrogens is 4. The molecule has 0 amide bonds. The van der Waals surface area contributed by atoms with Crippen LogP contribution in [-0.4, -0.2) is 26.3 Å². The highest BCUT2D eigenvalue weighted by molar-refractivity contribution is 7.15. The number of nitrogens with zero attached hydrogens (tertiary/aromatic N) is 4. The molecule has 7 heteroatoms. The lowest BCUT2D eigenvalue weighted by atomic mass is 10.1. The Morgan fingerprint density at radius 3 is 2.82 bits per heavy atom. The first-order valence-electron chi connectivity index (χ1n) is 6.89. The molecule has 6 nitrogen and oxygen atoms in total. The highest BCUT2D eigenvalue weighted by Crippen LogP contribution is 2.27. The van der Waals surface area contributed by atoms with Gasteiger partial charge in [0.05, 0.1) is 4.88 Å². The van der Waals surface area contributed by atoms with Crippen LogP contribution in [0.2, 0.25) is 0 Å². The van der Waals surface area contributed by atoms with Gasteiger partial charge in [-0.15, -0.1) is 16.4 Å². The van der Waals surface area contributed by atoms with Crippen molar-refractivity contribution in [2.75, 3.05) is 0 Å². The summed E-state index contributed by atoms with van der Waals surface area (Å²) in [5, 5.41) is 11.2. The Balaban J connectivity index is 1.79. The van der Waals surface area contributed by atoms with E-state index in [-0.39, 0.29) is 12.4 Å². The monoisotopic (exact) mass is 314 g/mol. The number of tetrazole rings is 1. The van der Waals surface area contributed by atoms with Gasteiger partial charge in [-0.1, -0.05) is 37.3 Å². The molecule has 0 bridgehead atoms. The molecule has 0 N–H and O–H groups in total. The van der Waals surface area contributed by atoms with Crippen molar-refractivity contribution in [3.63, 3.8) is 0 Å². The maximum atomic E-state index is 11.4. The van der Waals surface area contributed by atoms with Crippen LogP contribution in [0.1, 0.15) is 23.8 Å². The predicted octanol–water partition coefficient (Wildman–Crippen LogP) is 2.36. The smallest absolute Gasteiger partial charge is 0.316 e. The van der Waals surface area contributed by atoms with Crippen LogP contribution in [0, 0.1) is 0 Å². The highest BCUT2D eigenvalue weighted by Gasteiger charge is 2.15. The third-order valence-electron chi connectivity index (χ3n) is 3.02. The van der Waals surface area contributed by atoms with Gasteiger partial charge in [0.2, 0.25) is 5.82 Å². The lowest BCUT2D eigenvalue weighted by molar-refractivity contribution is -0.145. The maximum absolute atomic E-state index is 11.4. The number of carbonyl (C=O) groups excluding carboxylic acids is 1. The summed E-state index contributed by atoms with van der Waals surface area (Å²) in [4.78, 5) is 19.6. The first-order valence-corrected chi connectivity index (χ1v) is 7.70. The fourth-order valence-electron chi connectivity index (χ4n) is 1.94. The van der Waals surface area contributed by atoms with E-state index in [4.69, 9.17) is 4.84 Å². The van der Waals surface area contributed by atoms with Crippen LogP contribution in [-0.2, 0) is 11.2 Å². The second-order valence-electron chi connectivity index (χ2n) is 4.62. The van der Waals surface area contributed by atoms with Crippen LogP contribution >= 0.6 is 11.3 Å². The van der Waals surface area contributed by atoms with E-state index in [9.17, 15) is 4.79 Å². The molecule has 1 aromatic carbocycles. The van der Waals surface area contributed by atoms with E-state index in [0.29, 0.717) is 5.82 Å². The van der Waals surface area contributed by atoms with Gasteiger partial charge < -0.3 is 4.84 Å². The second-order valence-corrected chi connectivity index (χ2v) is 5.79. The normalized spacial score (nSPS) is 10.6. The molecule has 0 saturated heterocycles. The van der Waals surface area contributed by atoms with E-state index in [1.54, 1.807) is 18.3 Å². The Morgan fingerprint density at radius 1 is 1.23 bits per heavy atom. The Hall–Kier alpha value is -2.54. The van der Waals surface area contributed by atoms with Crippen molar-refractivity contribution < 1.29 is 9.63 Å². The van der Waals surface area contributed by atoms with Crippen molar-refractivity contribution in [2.24, 2.45) is 0 Å². The lowest BCUT2D eigenvalue weighted by Crippen LogP contribution is -2.20. The number of thiophene rings is 1. The van der Waals surface area contributed by atoms with E-state index in [1.165, 1.54) is 10.4 Å². The first kappa shape index (κ1) is 14.4. The van der Waals surface area contributed by atoms with Gasteiger partial charge in [-0.05, 0) is 33.0 Å². The molecule has 0 spiro atoms. The van der Waals surface area contributed by atoms with E-state index in [1.807, 2.05) is 30.3 Å². The summed E-state index contributed by atoms with van der Waals surface area (Å²) in [6.07, 6.45) is 1.12. The van der Waals surface area contributed by atoms with Crippen molar-refractivity contribution in [2.45, 2.75) is 19.8 Å². The van der Waals surface area contributed by atoms with Gasteiger partial charge in [0.25, 0.3) is 0 Å². The Kier molecular flexibility index (Phi) is 4.24. The van der Waals surface area contributed by atoms with Crippen LogP contribution in [0.4, 0.5) is 0 Å². The lowest BCUT2D eigenvalue weighted by Gasteiger charge is -2.01. The van der Waals surface area contributed by atoms with Gasteiger partial charge in [0, 0.05) is 17.7 Å². The predicted molar refractivity (Wildman–Crippen MR) is 82.3 cm³/mol. The molecule has 0 unspecified atom stereocenters. The fourth-order valence-corrected chi connectivity index (χ4v) is 2.94. The van der Waals surface area contributed by atoms with Crippen LogP contribution in [0.3, 0.4) is 0 Å². The van der Waals surface area contributed by atoms with E-state index >= 15 is 0 Å². The average Bonchev–Trinajstić information content (AvgIpc) is 3.17. The zero-order valence-electron chi connectivity index (χ0n) is 12.0. The molecule has 0 aliphatic heterocycles. The van der Waals surface area contributed by atoms with Gasteiger partial charge in [-0.25, -0.2) is 4.79 Å². The van der Waals surface area contributed by atoms with Crippen molar-refractivity contribution in [1.29, 1.82) is 0 Å². The quantitative estimate of drug-likeness (QED) is 0.676. The van der Waals surface area contributed by atoms with Crippen molar-refractivity contribution in [3.05, 3.63) is 52.9 Å². The molecular formula is C15H14N4O2S. The Bertz CT molecular complexity index is 767. The van der Waals surface area contributed by atoms with Crippen LogP contribution < -0.4 is 4.84 Å². The molecule has 3 rings (SSSR count). The Morgan fingerprint density at radius 2 is 2.05 bits per heavy atom. The van der Waals surface area contributed by atoms with Crippen LogP contribution in [0.25, 0.3) is 10.7 Å². The van der Waals surface area contributed by atoms with Gasteiger partial charge in [-0.3, -0.25) is 0 Å². The first-order chi connectivity index (χ1) is 10.8. The number of benzene rings is 1. The standard InChI is InChI=1S/C15H14N4O2S/c1-2-14(20)21-19-15(16-17-18-19)13-9-8-12(22-13)10-11-6-4-3-5-7-11/h3-9H,2,10H2,1H3. The summed E-state index contributed by atoms with van der Waals surface area (Å²) < 4.78 is 0. The second kappa shape index (κ2) is 6.48. The molecule has 2 aromatic heterocycles. The van der Waals surface area contributed by atoms with Crippen molar-refractivity contribution >= 4 is 17.3 Å². The van der Waals surface area contributed by atoms with Gasteiger partial charge in [0.1, 0.15) is 0 Å². The van der Waals surface area contributed by atoms with Gasteiger partial charge in [0.15, 0.2) is 0 Å². The largest absolute Gasteiger partial charge is 0.334 e. The molecule has 112 valence electrons. The fraction of sp³-hybridized carbons (Fsp3) is 0.200. The van der Waals surface area contributed by atoms with E-state index in [0.717, 1.165) is 16.1 Å². The van der Waals surface area contributed by atoms with E-state index < -0.39 is 0 Å². The maximum Gasteiger partial charge on any atom is 0.334 e. The summed E-state index contributed by atoms with van der Waals surface area (Å²) in [6, 6.07) is 14.2. The molecule has 0 aliphatic carbocycles. The number of rotatable bonds is 5. The molecule has 3 aromatic rings. The topological polar surface area (TPSA) is 69.9 Å². The summed E-state index contributed by atoms with van der Waals surface area (Å²) in [5.41, 5.74) is 1.24. The number of carbonyl (C=O) groups is 1. The third kappa shape index (κ3) is 3.20. The summed E-state index contributed by atoms with van der Waals surface area (Å²) in [5.74, 6) is 0.0562.